The average molecular weight is 487 g/mol. The summed E-state index contributed by atoms with van der Waals surface area (Å²) in [6, 6.07) is 23.1. The Balaban J connectivity index is 1.23. The molecule has 0 bridgehead atoms. The number of nitrogens with zero attached hydrogens (tertiary/aromatic N) is 2. The molecule has 0 N–H and O–H groups in total. The summed E-state index contributed by atoms with van der Waals surface area (Å²) in [5, 5.41) is 8.46. The van der Waals surface area contributed by atoms with Gasteiger partial charge in [-0.25, -0.2) is 0 Å². The van der Waals surface area contributed by atoms with Crippen molar-refractivity contribution in [1.29, 1.82) is 0 Å². The lowest BCUT2D eigenvalue weighted by molar-refractivity contribution is 0.0463. The van der Waals surface area contributed by atoms with Crippen LogP contribution in [0.3, 0.4) is 0 Å². The molecule has 1 aliphatic heterocycles. The zero-order valence-electron chi connectivity index (χ0n) is 20.3. The molecule has 0 aliphatic carbocycles. The first-order valence-corrected chi connectivity index (χ1v) is 11.5. The number of aromatic nitrogens is 1. The van der Waals surface area contributed by atoms with Gasteiger partial charge in [-0.3, -0.25) is 0 Å². The molecule has 0 spiro atoms. The van der Waals surface area contributed by atoms with E-state index >= 15 is 0 Å². The van der Waals surface area contributed by atoms with Gasteiger partial charge in [-0.2, -0.15) is 0 Å². The highest BCUT2D eigenvalue weighted by Gasteiger charge is 2.24. The molecule has 1 aromatic heterocycles. The average Bonchev–Trinajstić information content (AvgIpc) is 3.62. The molecule has 36 heavy (non-hydrogen) atoms. The molecular weight excluding hydrogens is 460 g/mol. The fourth-order valence-electron chi connectivity index (χ4n) is 3.98. The van der Waals surface area contributed by atoms with Crippen molar-refractivity contribution in [2.75, 3.05) is 27.9 Å². The molecule has 0 radical (unpaired) electrons. The lowest BCUT2D eigenvalue weighted by Crippen LogP contribution is -2.18. The van der Waals surface area contributed by atoms with Crippen molar-refractivity contribution in [3.8, 4) is 45.6 Å². The van der Waals surface area contributed by atoms with Crippen molar-refractivity contribution in [3.05, 3.63) is 78.4 Å². The normalized spacial score (nSPS) is 14.6. The fourth-order valence-corrected chi connectivity index (χ4v) is 3.98. The monoisotopic (exact) mass is 486 g/mol. The lowest BCUT2D eigenvalue weighted by atomic mass is 10.0. The first-order valence-electron chi connectivity index (χ1n) is 11.5. The van der Waals surface area contributed by atoms with Crippen LogP contribution in [0.5, 0.6) is 23.0 Å². The summed E-state index contributed by atoms with van der Waals surface area (Å²) >= 11 is 0. The van der Waals surface area contributed by atoms with Crippen molar-refractivity contribution >= 4 is 5.71 Å². The van der Waals surface area contributed by atoms with E-state index in [0.29, 0.717) is 47.5 Å². The number of benzene rings is 3. The zero-order chi connectivity index (χ0) is 24.9. The Kier molecular flexibility index (Phi) is 6.75. The van der Waals surface area contributed by atoms with Crippen LogP contribution in [0.15, 0.2) is 82.5 Å². The van der Waals surface area contributed by atoms with E-state index in [4.69, 9.17) is 28.3 Å². The van der Waals surface area contributed by atoms with Gasteiger partial charge < -0.3 is 28.3 Å². The molecule has 4 aromatic rings. The van der Waals surface area contributed by atoms with Gasteiger partial charge in [0.25, 0.3) is 0 Å². The maximum Gasteiger partial charge on any atom is 0.167 e. The molecule has 5 rings (SSSR count). The number of rotatable bonds is 9. The molecule has 0 saturated heterocycles. The van der Waals surface area contributed by atoms with Crippen molar-refractivity contribution in [2.24, 2.45) is 5.16 Å². The summed E-state index contributed by atoms with van der Waals surface area (Å²) in [7, 11) is 4.82. The highest BCUT2D eigenvalue weighted by atomic mass is 16.7. The SMILES string of the molecule is COc1ccc(C2=NOC(COc3ccc(-c4cc(-c5ccccc5)on4)cc3OC)C2)cc1OC. The summed E-state index contributed by atoms with van der Waals surface area (Å²) in [4.78, 5) is 5.61. The standard InChI is InChI=1S/C28H26N2O6/c1-31-24-11-9-19(13-27(24)32-2)22-15-21(35-29-22)17-34-25-12-10-20(14-28(25)33-3)23-16-26(36-30-23)18-7-5-4-6-8-18/h4-14,16,21H,15,17H2,1-3H3. The minimum atomic E-state index is -0.221. The molecule has 0 amide bonds. The van der Waals surface area contributed by atoms with E-state index in [9.17, 15) is 0 Å². The highest BCUT2D eigenvalue weighted by molar-refractivity contribution is 6.01. The van der Waals surface area contributed by atoms with Crippen LogP contribution in [0.1, 0.15) is 12.0 Å². The maximum atomic E-state index is 6.03. The second-order valence-corrected chi connectivity index (χ2v) is 8.16. The quantitative estimate of drug-likeness (QED) is 0.304. The Hall–Kier alpha value is -4.46. The minimum Gasteiger partial charge on any atom is -0.493 e. The number of methoxy groups -OCH3 is 3. The molecule has 1 aliphatic rings. The van der Waals surface area contributed by atoms with Gasteiger partial charge in [0.1, 0.15) is 12.3 Å². The van der Waals surface area contributed by atoms with Crippen molar-refractivity contribution in [3.63, 3.8) is 0 Å². The van der Waals surface area contributed by atoms with Crippen LogP contribution in [-0.4, -0.2) is 44.9 Å². The molecule has 2 heterocycles. The third kappa shape index (κ3) is 4.84. The molecule has 1 atom stereocenters. The molecule has 0 fully saturated rings. The number of ether oxygens (including phenoxy) is 4. The van der Waals surface area contributed by atoms with Crippen LogP contribution in [-0.2, 0) is 4.84 Å². The summed E-state index contributed by atoms with van der Waals surface area (Å²) in [5.41, 5.74) is 4.29. The Morgan fingerprint density at radius 2 is 1.44 bits per heavy atom. The molecule has 8 nitrogen and oxygen atoms in total. The van der Waals surface area contributed by atoms with E-state index in [1.165, 1.54) is 0 Å². The predicted molar refractivity (Wildman–Crippen MR) is 135 cm³/mol. The Labute approximate surface area is 209 Å². The van der Waals surface area contributed by atoms with E-state index < -0.39 is 0 Å². The van der Waals surface area contributed by atoms with Crippen LogP contribution in [0.25, 0.3) is 22.6 Å². The number of hydrogen-bond donors (Lipinski definition) is 0. The van der Waals surface area contributed by atoms with Gasteiger partial charge in [-0.1, -0.05) is 40.6 Å². The topological polar surface area (TPSA) is 84.5 Å². The summed E-state index contributed by atoms with van der Waals surface area (Å²) in [6.07, 6.45) is 0.387. The second kappa shape index (κ2) is 10.4. The van der Waals surface area contributed by atoms with Crippen LogP contribution in [0, 0.1) is 0 Å². The fraction of sp³-hybridized carbons (Fsp3) is 0.214. The zero-order valence-corrected chi connectivity index (χ0v) is 20.3. The smallest absolute Gasteiger partial charge is 0.167 e. The minimum absolute atomic E-state index is 0.221. The number of hydrogen-bond acceptors (Lipinski definition) is 8. The lowest BCUT2D eigenvalue weighted by Gasteiger charge is -2.14. The summed E-state index contributed by atoms with van der Waals surface area (Å²) in [5.74, 6) is 3.21. The van der Waals surface area contributed by atoms with Crippen molar-refractivity contribution in [1.82, 2.24) is 5.16 Å². The van der Waals surface area contributed by atoms with Crippen LogP contribution >= 0.6 is 0 Å². The van der Waals surface area contributed by atoms with Gasteiger partial charge in [-0.15, -0.1) is 0 Å². The van der Waals surface area contributed by atoms with E-state index in [2.05, 4.69) is 10.3 Å². The third-order valence-corrected chi connectivity index (χ3v) is 5.90. The van der Waals surface area contributed by atoms with Gasteiger partial charge in [0.05, 0.1) is 27.0 Å². The molecule has 8 heteroatoms. The second-order valence-electron chi connectivity index (χ2n) is 8.16. The Bertz CT molecular complexity index is 1370. The first-order chi connectivity index (χ1) is 17.7. The van der Waals surface area contributed by atoms with Gasteiger partial charge in [0, 0.05) is 29.2 Å². The van der Waals surface area contributed by atoms with Crippen LogP contribution in [0.2, 0.25) is 0 Å². The molecule has 1 unspecified atom stereocenters. The van der Waals surface area contributed by atoms with Gasteiger partial charge in [0.15, 0.2) is 34.9 Å². The Morgan fingerprint density at radius 1 is 0.750 bits per heavy atom. The predicted octanol–water partition coefficient (Wildman–Crippen LogP) is 5.61. The highest BCUT2D eigenvalue weighted by Crippen LogP contribution is 2.34. The van der Waals surface area contributed by atoms with E-state index in [-0.39, 0.29) is 6.10 Å². The van der Waals surface area contributed by atoms with Gasteiger partial charge >= 0.3 is 0 Å². The first kappa shape index (κ1) is 23.3. The molecule has 0 saturated carbocycles. The molecular formula is C28H26N2O6. The summed E-state index contributed by atoms with van der Waals surface area (Å²) in [6.45, 7) is 0.318. The Morgan fingerprint density at radius 3 is 2.22 bits per heavy atom. The van der Waals surface area contributed by atoms with Crippen molar-refractivity contribution < 1.29 is 28.3 Å². The van der Waals surface area contributed by atoms with Crippen molar-refractivity contribution in [2.45, 2.75) is 12.5 Å². The van der Waals surface area contributed by atoms with Gasteiger partial charge in [-0.05, 0) is 36.4 Å². The third-order valence-electron chi connectivity index (χ3n) is 5.90. The van der Waals surface area contributed by atoms with Gasteiger partial charge in [0.2, 0.25) is 0 Å². The maximum absolute atomic E-state index is 6.03. The summed E-state index contributed by atoms with van der Waals surface area (Å²) < 4.78 is 27.8. The molecule has 3 aromatic carbocycles. The van der Waals surface area contributed by atoms with E-state index in [1.807, 2.05) is 72.8 Å². The molecule has 184 valence electrons. The van der Waals surface area contributed by atoms with E-state index in [0.717, 1.165) is 22.4 Å². The van der Waals surface area contributed by atoms with Crippen LogP contribution in [0.4, 0.5) is 0 Å². The van der Waals surface area contributed by atoms with Crippen LogP contribution < -0.4 is 18.9 Å². The van der Waals surface area contributed by atoms with E-state index in [1.54, 1.807) is 21.3 Å². The largest absolute Gasteiger partial charge is 0.493 e. The number of oxime groups is 1.